The van der Waals surface area contributed by atoms with Crippen molar-refractivity contribution in [2.75, 3.05) is 0 Å². The van der Waals surface area contributed by atoms with Gasteiger partial charge >= 0.3 is 0 Å². The zero-order valence-corrected chi connectivity index (χ0v) is 12.1. The average Bonchev–Trinajstić information content (AvgIpc) is 2.06. The molecule has 78 valence electrons. The fraction of sp³-hybridized carbons (Fsp3) is 0.700. The second kappa shape index (κ2) is 4.66. The zero-order chi connectivity index (χ0) is 10.8. The number of nitriles is 1. The molecule has 2 nitrogen and oxygen atoms in total. The van der Waals surface area contributed by atoms with E-state index in [1.807, 2.05) is 0 Å². The van der Waals surface area contributed by atoms with Crippen LogP contribution in [0.2, 0.25) is 19.6 Å². The van der Waals surface area contributed by atoms with Crippen LogP contribution in [-0.2, 0) is 4.43 Å². The molecule has 0 bridgehead atoms. The Morgan fingerprint density at radius 1 is 1.50 bits per heavy atom. The van der Waals surface area contributed by atoms with Gasteiger partial charge in [0.2, 0.25) is 8.32 Å². The minimum Gasteiger partial charge on any atom is -0.547 e. The molecule has 1 aliphatic carbocycles. The van der Waals surface area contributed by atoms with Crippen LogP contribution in [0, 0.1) is 17.2 Å². The van der Waals surface area contributed by atoms with Crippen molar-refractivity contribution in [2.45, 2.75) is 38.9 Å². The molecule has 0 aliphatic heterocycles. The van der Waals surface area contributed by atoms with Crippen LogP contribution >= 0.6 is 22.6 Å². The molecular formula is C10H16INOSi. The molecule has 0 fully saturated rings. The summed E-state index contributed by atoms with van der Waals surface area (Å²) in [6, 6.07) is 2.34. The van der Waals surface area contributed by atoms with Crippen molar-refractivity contribution in [3.63, 3.8) is 0 Å². The van der Waals surface area contributed by atoms with E-state index in [9.17, 15) is 0 Å². The topological polar surface area (TPSA) is 33.0 Å². The molecule has 0 heterocycles. The summed E-state index contributed by atoms with van der Waals surface area (Å²) in [5, 5.41) is 8.94. The van der Waals surface area contributed by atoms with Crippen LogP contribution in [0.1, 0.15) is 19.3 Å². The molecule has 4 heteroatoms. The van der Waals surface area contributed by atoms with Gasteiger partial charge in [-0.2, -0.15) is 5.26 Å². The molecule has 0 saturated carbocycles. The van der Waals surface area contributed by atoms with Gasteiger partial charge in [0, 0.05) is 10.0 Å². The quantitative estimate of drug-likeness (QED) is 0.572. The molecule has 1 unspecified atom stereocenters. The van der Waals surface area contributed by atoms with E-state index in [0.29, 0.717) is 0 Å². The summed E-state index contributed by atoms with van der Waals surface area (Å²) in [5.41, 5.74) is 0. The van der Waals surface area contributed by atoms with Crippen LogP contribution in [0.3, 0.4) is 0 Å². The van der Waals surface area contributed by atoms with Crippen molar-refractivity contribution >= 4 is 30.9 Å². The van der Waals surface area contributed by atoms with E-state index in [-0.39, 0.29) is 5.92 Å². The van der Waals surface area contributed by atoms with Gasteiger partial charge in [0.15, 0.2) is 0 Å². The first-order valence-electron chi connectivity index (χ1n) is 4.91. The highest BCUT2D eigenvalue weighted by molar-refractivity contribution is 14.1. The number of nitrogens with zero attached hydrogens (tertiary/aromatic N) is 1. The lowest BCUT2D eigenvalue weighted by molar-refractivity contribution is 0.369. The highest BCUT2D eigenvalue weighted by Crippen LogP contribution is 2.35. The maximum atomic E-state index is 8.94. The molecule has 0 aromatic carbocycles. The van der Waals surface area contributed by atoms with Crippen LogP contribution in [0.4, 0.5) is 0 Å². The van der Waals surface area contributed by atoms with Crippen LogP contribution in [0.25, 0.3) is 0 Å². The minimum atomic E-state index is -1.50. The van der Waals surface area contributed by atoms with Crippen LogP contribution in [0.15, 0.2) is 9.34 Å². The van der Waals surface area contributed by atoms with Gasteiger partial charge in [0.1, 0.15) is 0 Å². The van der Waals surface area contributed by atoms with Gasteiger partial charge in [-0.15, -0.1) is 0 Å². The van der Waals surface area contributed by atoms with Gasteiger partial charge in [-0.25, -0.2) is 0 Å². The second-order valence-electron chi connectivity index (χ2n) is 4.56. The summed E-state index contributed by atoms with van der Waals surface area (Å²) in [5.74, 6) is 1.17. The Labute approximate surface area is 101 Å². The van der Waals surface area contributed by atoms with Gasteiger partial charge in [0.25, 0.3) is 0 Å². The standard InChI is InChI=1S/C10H16INOSi/c1-14(2,3)13-9-6-4-5-8(7-12)10(9)11/h8H,4-6H2,1-3H3. The summed E-state index contributed by atoms with van der Waals surface area (Å²) in [6.07, 6.45) is 3.10. The second-order valence-corrected chi connectivity index (χ2v) is 10.2. The van der Waals surface area contributed by atoms with Crippen LogP contribution in [0.5, 0.6) is 0 Å². The molecule has 1 aliphatic rings. The van der Waals surface area contributed by atoms with E-state index >= 15 is 0 Å². The van der Waals surface area contributed by atoms with Crippen molar-refractivity contribution < 1.29 is 4.43 Å². The molecule has 0 aromatic rings. The van der Waals surface area contributed by atoms with E-state index in [0.717, 1.165) is 28.6 Å². The fourth-order valence-corrected chi connectivity index (χ4v) is 3.49. The number of allylic oxidation sites excluding steroid dienone is 2. The van der Waals surface area contributed by atoms with E-state index < -0.39 is 8.32 Å². The van der Waals surface area contributed by atoms with Crippen molar-refractivity contribution in [3.8, 4) is 6.07 Å². The third kappa shape index (κ3) is 3.28. The summed E-state index contributed by atoms with van der Waals surface area (Å²) in [6.45, 7) is 6.54. The Kier molecular flexibility index (Phi) is 4.01. The molecule has 1 rings (SSSR count). The Morgan fingerprint density at radius 2 is 2.14 bits per heavy atom. The molecule has 0 amide bonds. The Morgan fingerprint density at radius 3 is 2.64 bits per heavy atom. The summed E-state index contributed by atoms with van der Waals surface area (Å²) < 4.78 is 7.12. The minimum absolute atomic E-state index is 0.0794. The maximum Gasteiger partial charge on any atom is 0.241 e. The van der Waals surface area contributed by atoms with E-state index in [1.165, 1.54) is 0 Å². The zero-order valence-electron chi connectivity index (χ0n) is 8.93. The van der Waals surface area contributed by atoms with Gasteiger partial charge in [-0.05, 0) is 55.1 Å². The molecule has 0 saturated heterocycles. The first kappa shape index (κ1) is 12.0. The monoisotopic (exact) mass is 321 g/mol. The molecule has 0 N–H and O–H groups in total. The van der Waals surface area contributed by atoms with Gasteiger partial charge in [-0.3, -0.25) is 0 Å². The number of halogens is 1. The van der Waals surface area contributed by atoms with E-state index in [1.54, 1.807) is 0 Å². The Balaban J connectivity index is 2.81. The van der Waals surface area contributed by atoms with E-state index in [4.69, 9.17) is 9.69 Å². The lowest BCUT2D eigenvalue weighted by atomic mass is 9.96. The first-order chi connectivity index (χ1) is 6.44. The van der Waals surface area contributed by atoms with E-state index in [2.05, 4.69) is 48.3 Å². The highest BCUT2D eigenvalue weighted by atomic mass is 127. The number of hydrogen-bond acceptors (Lipinski definition) is 2. The molecule has 14 heavy (non-hydrogen) atoms. The third-order valence-electron chi connectivity index (χ3n) is 2.05. The number of rotatable bonds is 2. The lowest BCUT2D eigenvalue weighted by Crippen LogP contribution is -2.26. The molecular weight excluding hydrogens is 305 g/mol. The Bertz CT molecular complexity index is 287. The summed E-state index contributed by atoms with van der Waals surface area (Å²) >= 11 is 2.28. The fourth-order valence-electron chi connectivity index (χ4n) is 1.50. The van der Waals surface area contributed by atoms with Gasteiger partial charge < -0.3 is 4.43 Å². The third-order valence-corrected chi connectivity index (χ3v) is 4.27. The SMILES string of the molecule is C[Si](C)(C)OC1=C(I)C(C#N)CCC1. The van der Waals surface area contributed by atoms with Crippen LogP contribution < -0.4 is 0 Å². The van der Waals surface area contributed by atoms with Crippen molar-refractivity contribution in [1.82, 2.24) is 0 Å². The van der Waals surface area contributed by atoms with Gasteiger partial charge in [0.05, 0.1) is 17.7 Å². The predicted molar refractivity (Wildman–Crippen MR) is 68.4 cm³/mol. The predicted octanol–water partition coefficient (Wildman–Crippen LogP) is 3.81. The number of hydrogen-bond donors (Lipinski definition) is 0. The van der Waals surface area contributed by atoms with Crippen molar-refractivity contribution in [3.05, 3.63) is 9.34 Å². The highest BCUT2D eigenvalue weighted by Gasteiger charge is 2.26. The molecule has 0 spiro atoms. The average molecular weight is 321 g/mol. The summed E-state index contributed by atoms with van der Waals surface area (Å²) in [7, 11) is -1.50. The lowest BCUT2D eigenvalue weighted by Gasteiger charge is -2.27. The molecule has 0 aromatic heterocycles. The largest absolute Gasteiger partial charge is 0.547 e. The smallest absolute Gasteiger partial charge is 0.241 e. The maximum absolute atomic E-state index is 8.94. The van der Waals surface area contributed by atoms with Crippen LogP contribution in [-0.4, -0.2) is 8.32 Å². The Hall–Kier alpha value is -0.0231. The normalized spacial score (nSPS) is 23.2. The summed E-state index contributed by atoms with van der Waals surface area (Å²) in [4.78, 5) is 0. The van der Waals surface area contributed by atoms with Crippen molar-refractivity contribution in [1.29, 1.82) is 5.26 Å². The van der Waals surface area contributed by atoms with Gasteiger partial charge in [-0.1, -0.05) is 0 Å². The molecule has 1 atom stereocenters. The molecule has 0 radical (unpaired) electrons. The first-order valence-corrected chi connectivity index (χ1v) is 9.40. The van der Waals surface area contributed by atoms with Crippen molar-refractivity contribution in [2.24, 2.45) is 5.92 Å².